The summed E-state index contributed by atoms with van der Waals surface area (Å²) in [4.78, 5) is 22.7. The molecule has 106 valence electrons. The van der Waals surface area contributed by atoms with Crippen molar-refractivity contribution in [2.75, 3.05) is 19.6 Å². The van der Waals surface area contributed by atoms with Crippen LogP contribution in [0.15, 0.2) is 0 Å². The molecule has 4 N–H and O–H groups in total. The maximum atomic E-state index is 11.5. The highest BCUT2D eigenvalue weighted by Gasteiger charge is 2.09. The van der Waals surface area contributed by atoms with Crippen LogP contribution in [0.3, 0.4) is 0 Å². The van der Waals surface area contributed by atoms with Crippen LogP contribution >= 0.6 is 0 Å². The molecule has 0 aliphatic rings. The fourth-order valence-electron chi connectivity index (χ4n) is 1.81. The van der Waals surface area contributed by atoms with Crippen LogP contribution in [0.4, 0.5) is 0 Å². The van der Waals surface area contributed by atoms with Gasteiger partial charge in [0, 0.05) is 25.9 Å². The van der Waals surface area contributed by atoms with Crippen LogP contribution in [0.25, 0.3) is 0 Å². The minimum absolute atomic E-state index is 0.0210. The lowest BCUT2D eigenvalue weighted by molar-refractivity contribution is -0.122. The molecule has 0 heterocycles. The van der Waals surface area contributed by atoms with Gasteiger partial charge in [-0.15, -0.1) is 0 Å². The molecule has 0 aromatic rings. The quantitative estimate of drug-likeness (QED) is 0.541. The average molecular weight is 257 g/mol. The minimum atomic E-state index is -0.0210. The van der Waals surface area contributed by atoms with Crippen molar-refractivity contribution in [2.24, 2.45) is 11.7 Å². The summed E-state index contributed by atoms with van der Waals surface area (Å²) < 4.78 is 0. The van der Waals surface area contributed by atoms with Gasteiger partial charge in [0.15, 0.2) is 0 Å². The summed E-state index contributed by atoms with van der Waals surface area (Å²) in [6.45, 7) is 5.71. The Balaban J connectivity index is 3.61. The van der Waals surface area contributed by atoms with E-state index in [4.69, 9.17) is 5.73 Å². The molecule has 1 atom stereocenters. The maximum Gasteiger partial charge on any atom is 0.221 e. The summed E-state index contributed by atoms with van der Waals surface area (Å²) in [6, 6.07) is 0. The van der Waals surface area contributed by atoms with Crippen molar-refractivity contribution in [3.8, 4) is 0 Å². The molecule has 5 nitrogen and oxygen atoms in total. The van der Waals surface area contributed by atoms with E-state index in [1.807, 2.05) is 6.92 Å². The number of carbonyl (C=O) groups is 2. The van der Waals surface area contributed by atoms with Gasteiger partial charge in [-0.05, 0) is 32.2 Å². The molecule has 0 radical (unpaired) electrons. The standard InChI is InChI=1S/C13H27N3O2/c1-3-11(7-9-14)5-6-12(17)16-10-8-13(18)15-4-2/h11H,3-10,14H2,1-2H3,(H,15,18)(H,16,17). The van der Waals surface area contributed by atoms with Gasteiger partial charge in [0.25, 0.3) is 0 Å². The second-order valence-corrected chi connectivity index (χ2v) is 4.44. The second kappa shape index (κ2) is 11.0. The van der Waals surface area contributed by atoms with Gasteiger partial charge in [-0.1, -0.05) is 13.3 Å². The van der Waals surface area contributed by atoms with E-state index in [1.54, 1.807) is 0 Å². The van der Waals surface area contributed by atoms with Gasteiger partial charge in [0.05, 0.1) is 0 Å². The van der Waals surface area contributed by atoms with Crippen molar-refractivity contribution < 1.29 is 9.59 Å². The molecule has 0 fully saturated rings. The number of nitrogens with one attached hydrogen (secondary N) is 2. The number of hydrogen-bond acceptors (Lipinski definition) is 3. The Morgan fingerprint density at radius 3 is 2.28 bits per heavy atom. The topological polar surface area (TPSA) is 84.2 Å². The van der Waals surface area contributed by atoms with E-state index in [2.05, 4.69) is 17.6 Å². The second-order valence-electron chi connectivity index (χ2n) is 4.44. The summed E-state index contributed by atoms with van der Waals surface area (Å²) in [7, 11) is 0. The summed E-state index contributed by atoms with van der Waals surface area (Å²) in [5.41, 5.74) is 5.51. The number of hydrogen-bond donors (Lipinski definition) is 3. The lowest BCUT2D eigenvalue weighted by Gasteiger charge is -2.13. The van der Waals surface area contributed by atoms with Gasteiger partial charge in [0.2, 0.25) is 11.8 Å². The van der Waals surface area contributed by atoms with Crippen molar-refractivity contribution in [1.82, 2.24) is 10.6 Å². The summed E-state index contributed by atoms with van der Waals surface area (Å²) >= 11 is 0. The molecule has 0 bridgehead atoms. The first-order valence-corrected chi connectivity index (χ1v) is 6.87. The highest BCUT2D eigenvalue weighted by molar-refractivity contribution is 5.78. The van der Waals surface area contributed by atoms with Crippen LogP contribution in [-0.4, -0.2) is 31.4 Å². The Hall–Kier alpha value is -1.10. The highest BCUT2D eigenvalue weighted by Crippen LogP contribution is 2.14. The van der Waals surface area contributed by atoms with Crippen LogP contribution < -0.4 is 16.4 Å². The van der Waals surface area contributed by atoms with Crippen molar-refractivity contribution in [2.45, 2.75) is 46.0 Å². The zero-order valence-corrected chi connectivity index (χ0v) is 11.6. The first kappa shape index (κ1) is 16.9. The third-order valence-electron chi connectivity index (χ3n) is 2.98. The largest absolute Gasteiger partial charge is 0.356 e. The molecule has 0 rings (SSSR count). The van der Waals surface area contributed by atoms with E-state index in [9.17, 15) is 9.59 Å². The van der Waals surface area contributed by atoms with E-state index in [0.717, 1.165) is 19.3 Å². The monoisotopic (exact) mass is 257 g/mol. The van der Waals surface area contributed by atoms with Gasteiger partial charge in [-0.3, -0.25) is 9.59 Å². The van der Waals surface area contributed by atoms with Crippen LogP contribution in [-0.2, 0) is 9.59 Å². The third-order valence-corrected chi connectivity index (χ3v) is 2.98. The van der Waals surface area contributed by atoms with Crippen LogP contribution in [0.2, 0.25) is 0 Å². The fourth-order valence-corrected chi connectivity index (χ4v) is 1.81. The zero-order valence-electron chi connectivity index (χ0n) is 11.6. The van der Waals surface area contributed by atoms with Crippen LogP contribution in [0.1, 0.15) is 46.0 Å². The summed E-state index contributed by atoms with van der Waals surface area (Å²) in [5.74, 6) is 0.534. The minimum Gasteiger partial charge on any atom is -0.356 e. The molecule has 0 aromatic carbocycles. The number of amides is 2. The molecule has 0 aromatic heterocycles. The van der Waals surface area contributed by atoms with E-state index >= 15 is 0 Å². The normalized spacial score (nSPS) is 11.9. The van der Waals surface area contributed by atoms with Crippen molar-refractivity contribution in [3.05, 3.63) is 0 Å². The maximum absolute atomic E-state index is 11.5. The first-order chi connectivity index (χ1) is 8.63. The van der Waals surface area contributed by atoms with Crippen molar-refractivity contribution in [3.63, 3.8) is 0 Å². The smallest absolute Gasteiger partial charge is 0.221 e. The molecule has 0 spiro atoms. The molecular formula is C13H27N3O2. The van der Waals surface area contributed by atoms with Gasteiger partial charge < -0.3 is 16.4 Å². The molecule has 0 saturated heterocycles. The van der Waals surface area contributed by atoms with Crippen LogP contribution in [0.5, 0.6) is 0 Å². The van der Waals surface area contributed by atoms with Crippen molar-refractivity contribution >= 4 is 11.8 Å². The summed E-state index contributed by atoms with van der Waals surface area (Å²) in [6.07, 6.45) is 3.78. The lowest BCUT2D eigenvalue weighted by Crippen LogP contribution is -2.30. The Bertz CT molecular complexity index is 244. The van der Waals surface area contributed by atoms with E-state index in [1.165, 1.54) is 0 Å². The van der Waals surface area contributed by atoms with E-state index in [0.29, 0.717) is 38.4 Å². The molecule has 0 aliphatic heterocycles. The predicted octanol–water partition coefficient (Wildman–Crippen LogP) is 0.784. The molecule has 2 amide bonds. The van der Waals surface area contributed by atoms with Crippen LogP contribution in [0, 0.1) is 5.92 Å². The lowest BCUT2D eigenvalue weighted by atomic mass is 9.96. The molecule has 5 heteroatoms. The Morgan fingerprint density at radius 1 is 1.06 bits per heavy atom. The average Bonchev–Trinajstić information content (AvgIpc) is 2.34. The number of carbonyl (C=O) groups excluding carboxylic acids is 2. The Labute approximate surface area is 110 Å². The third kappa shape index (κ3) is 8.98. The molecule has 1 unspecified atom stereocenters. The van der Waals surface area contributed by atoms with Crippen molar-refractivity contribution in [1.29, 1.82) is 0 Å². The van der Waals surface area contributed by atoms with E-state index in [-0.39, 0.29) is 11.8 Å². The number of rotatable bonds is 10. The highest BCUT2D eigenvalue weighted by atomic mass is 16.2. The number of nitrogens with two attached hydrogens (primary N) is 1. The molecule has 0 saturated carbocycles. The summed E-state index contributed by atoms with van der Waals surface area (Å²) in [5, 5.41) is 5.45. The molecule has 0 aliphatic carbocycles. The Kier molecular flexibility index (Phi) is 10.3. The van der Waals surface area contributed by atoms with Gasteiger partial charge >= 0.3 is 0 Å². The molecular weight excluding hydrogens is 230 g/mol. The fraction of sp³-hybridized carbons (Fsp3) is 0.846. The van der Waals surface area contributed by atoms with Gasteiger partial charge in [0.1, 0.15) is 0 Å². The predicted molar refractivity (Wildman–Crippen MR) is 73.0 cm³/mol. The Morgan fingerprint density at radius 2 is 1.72 bits per heavy atom. The first-order valence-electron chi connectivity index (χ1n) is 6.87. The SMILES string of the molecule is CCNC(=O)CCNC(=O)CCC(CC)CCN. The van der Waals surface area contributed by atoms with Gasteiger partial charge in [-0.25, -0.2) is 0 Å². The molecule has 18 heavy (non-hydrogen) atoms. The van der Waals surface area contributed by atoms with E-state index < -0.39 is 0 Å². The zero-order chi connectivity index (χ0) is 13.8. The van der Waals surface area contributed by atoms with Gasteiger partial charge in [-0.2, -0.15) is 0 Å².